The molecule has 100 valence electrons. The molecule has 0 saturated carbocycles. The van der Waals surface area contributed by atoms with Crippen molar-refractivity contribution in [3.05, 3.63) is 29.8 Å². The predicted octanol–water partition coefficient (Wildman–Crippen LogP) is -1.64. The molecule has 7 N–H and O–H groups in total. The number of aliphatic hydroxyl groups excluding tert-OH is 4. The summed E-state index contributed by atoms with van der Waals surface area (Å²) in [7, 11) is 0. The second-order valence-corrected chi connectivity index (χ2v) is 4.58. The molecular weight excluding hydrogens is 236 g/mol. The van der Waals surface area contributed by atoms with E-state index >= 15 is 0 Å². The Bertz CT molecular complexity index is 413. The van der Waals surface area contributed by atoms with E-state index in [1.807, 2.05) is 0 Å². The van der Waals surface area contributed by atoms with Gasteiger partial charge in [0.2, 0.25) is 0 Å². The molecule has 1 heterocycles. The minimum atomic E-state index is -1.31. The van der Waals surface area contributed by atoms with Crippen LogP contribution in [0.2, 0.25) is 0 Å². The molecule has 1 aliphatic rings. The van der Waals surface area contributed by atoms with Crippen molar-refractivity contribution >= 4 is 5.69 Å². The molecule has 6 nitrogen and oxygen atoms in total. The number of hydrogen-bond acceptors (Lipinski definition) is 6. The van der Waals surface area contributed by atoms with Crippen molar-refractivity contribution in [3.8, 4) is 0 Å². The van der Waals surface area contributed by atoms with Crippen molar-refractivity contribution in [2.24, 2.45) is 0 Å². The Morgan fingerprint density at radius 2 is 1.83 bits per heavy atom. The van der Waals surface area contributed by atoms with E-state index in [4.69, 9.17) is 10.8 Å². The predicted molar refractivity (Wildman–Crippen MR) is 65.6 cm³/mol. The summed E-state index contributed by atoms with van der Waals surface area (Å²) >= 11 is 0. The van der Waals surface area contributed by atoms with Gasteiger partial charge in [0.25, 0.3) is 0 Å². The highest BCUT2D eigenvalue weighted by Gasteiger charge is 2.42. The highest BCUT2D eigenvalue weighted by molar-refractivity contribution is 5.42. The van der Waals surface area contributed by atoms with Gasteiger partial charge in [0, 0.05) is 5.69 Å². The molecule has 6 heteroatoms. The molecule has 1 fully saturated rings. The minimum absolute atomic E-state index is 0.330. The molecule has 0 aromatic heterocycles. The lowest BCUT2D eigenvalue weighted by molar-refractivity contribution is -0.120. The Balaban J connectivity index is 2.27. The van der Waals surface area contributed by atoms with Crippen LogP contribution in [0.15, 0.2) is 24.3 Å². The van der Waals surface area contributed by atoms with Gasteiger partial charge in [-0.05, 0) is 17.7 Å². The number of nitrogens with one attached hydrogen (secondary N) is 1. The maximum Gasteiger partial charge on any atom is 0.109 e. The van der Waals surface area contributed by atoms with Crippen molar-refractivity contribution in [1.29, 1.82) is 0 Å². The normalized spacial score (nSPS) is 36.6. The first kappa shape index (κ1) is 13.3. The van der Waals surface area contributed by atoms with Crippen LogP contribution in [-0.4, -0.2) is 51.4 Å². The van der Waals surface area contributed by atoms with Gasteiger partial charge in [0.15, 0.2) is 0 Å². The standard InChI is InChI=1S/C12H18N2O4/c13-7-3-1-2-6(4-7)9-11(17)12(18)10(16)8(5-15)14-9/h1-4,8-12,14-18H,5,13H2/t8-,9+,10-,11-,12+/m1/s1. The monoisotopic (exact) mass is 254 g/mol. The van der Waals surface area contributed by atoms with Crippen LogP contribution in [0.5, 0.6) is 0 Å². The Morgan fingerprint density at radius 1 is 1.11 bits per heavy atom. The lowest BCUT2D eigenvalue weighted by Crippen LogP contribution is -2.62. The third kappa shape index (κ3) is 2.33. The SMILES string of the molecule is Nc1cccc([C@@H]2N[C@H](CO)[C@@H](O)[C@H](O)[C@@H]2O)c1. The summed E-state index contributed by atoms with van der Waals surface area (Å²) in [5.41, 5.74) is 6.91. The van der Waals surface area contributed by atoms with Gasteiger partial charge in [-0.3, -0.25) is 0 Å². The van der Waals surface area contributed by atoms with Crippen LogP contribution in [0.4, 0.5) is 5.69 Å². The van der Waals surface area contributed by atoms with Gasteiger partial charge in [-0.1, -0.05) is 12.1 Å². The van der Waals surface area contributed by atoms with Crippen LogP contribution in [0.1, 0.15) is 11.6 Å². The van der Waals surface area contributed by atoms with Crippen LogP contribution in [0, 0.1) is 0 Å². The van der Waals surface area contributed by atoms with Gasteiger partial charge < -0.3 is 31.5 Å². The Morgan fingerprint density at radius 3 is 2.44 bits per heavy atom. The third-order valence-corrected chi connectivity index (χ3v) is 3.31. The summed E-state index contributed by atoms with van der Waals surface area (Å²) in [5, 5.41) is 41.5. The van der Waals surface area contributed by atoms with Crippen molar-refractivity contribution in [1.82, 2.24) is 5.32 Å². The molecule has 5 atom stereocenters. The van der Waals surface area contributed by atoms with Crippen molar-refractivity contribution < 1.29 is 20.4 Å². The van der Waals surface area contributed by atoms with Crippen molar-refractivity contribution in [2.45, 2.75) is 30.4 Å². The molecule has 1 aromatic carbocycles. The first-order chi connectivity index (χ1) is 8.54. The van der Waals surface area contributed by atoms with Crippen LogP contribution >= 0.6 is 0 Å². The summed E-state index contributed by atoms with van der Waals surface area (Å²) < 4.78 is 0. The zero-order valence-corrected chi connectivity index (χ0v) is 9.77. The molecule has 1 aromatic rings. The molecule has 1 aliphatic heterocycles. The molecule has 0 amide bonds. The topological polar surface area (TPSA) is 119 Å². The van der Waals surface area contributed by atoms with E-state index < -0.39 is 30.4 Å². The minimum Gasteiger partial charge on any atom is -0.399 e. The number of anilines is 1. The Hall–Kier alpha value is -1.18. The molecule has 0 aliphatic carbocycles. The van der Waals surface area contributed by atoms with Crippen LogP contribution in [0.25, 0.3) is 0 Å². The molecular formula is C12H18N2O4. The summed E-state index contributed by atoms with van der Waals surface area (Å²) in [6, 6.07) is 5.63. The number of aliphatic hydroxyl groups is 4. The van der Waals surface area contributed by atoms with Gasteiger partial charge >= 0.3 is 0 Å². The molecule has 0 spiro atoms. The van der Waals surface area contributed by atoms with E-state index in [1.54, 1.807) is 24.3 Å². The smallest absolute Gasteiger partial charge is 0.109 e. The van der Waals surface area contributed by atoms with E-state index in [0.29, 0.717) is 11.3 Å². The number of benzene rings is 1. The lowest BCUT2D eigenvalue weighted by atomic mass is 9.87. The molecule has 2 rings (SSSR count). The van der Waals surface area contributed by atoms with E-state index in [2.05, 4.69) is 5.32 Å². The maximum atomic E-state index is 9.97. The fourth-order valence-electron chi connectivity index (χ4n) is 2.27. The van der Waals surface area contributed by atoms with Gasteiger partial charge in [0.1, 0.15) is 12.2 Å². The maximum absolute atomic E-state index is 9.97. The number of piperidine rings is 1. The van der Waals surface area contributed by atoms with Crippen molar-refractivity contribution in [3.63, 3.8) is 0 Å². The summed E-state index contributed by atoms with van der Waals surface area (Å²) in [6.07, 6.45) is -3.68. The Kier molecular flexibility index (Phi) is 3.84. The zero-order valence-electron chi connectivity index (χ0n) is 9.77. The second kappa shape index (κ2) is 5.21. The lowest BCUT2D eigenvalue weighted by Gasteiger charge is -2.41. The fourth-order valence-corrected chi connectivity index (χ4v) is 2.27. The molecule has 0 unspecified atom stereocenters. The van der Waals surface area contributed by atoms with E-state index in [1.165, 1.54) is 0 Å². The van der Waals surface area contributed by atoms with E-state index in [0.717, 1.165) is 0 Å². The second-order valence-electron chi connectivity index (χ2n) is 4.58. The number of rotatable bonds is 2. The first-order valence-corrected chi connectivity index (χ1v) is 5.81. The quantitative estimate of drug-likeness (QED) is 0.352. The number of nitrogen functional groups attached to an aromatic ring is 1. The number of nitrogens with two attached hydrogens (primary N) is 1. The Labute approximate surface area is 105 Å². The molecule has 18 heavy (non-hydrogen) atoms. The third-order valence-electron chi connectivity index (χ3n) is 3.31. The van der Waals surface area contributed by atoms with Gasteiger partial charge in [0.05, 0.1) is 24.8 Å². The van der Waals surface area contributed by atoms with Gasteiger partial charge in [-0.25, -0.2) is 0 Å². The summed E-state index contributed by atoms with van der Waals surface area (Å²) in [5.74, 6) is 0. The molecule has 0 bridgehead atoms. The number of hydrogen-bond donors (Lipinski definition) is 6. The zero-order chi connectivity index (χ0) is 13.3. The van der Waals surface area contributed by atoms with Gasteiger partial charge in [-0.2, -0.15) is 0 Å². The molecule has 1 saturated heterocycles. The fraction of sp³-hybridized carbons (Fsp3) is 0.500. The first-order valence-electron chi connectivity index (χ1n) is 5.81. The average molecular weight is 254 g/mol. The summed E-state index contributed by atoms with van der Waals surface area (Å²) in [6.45, 7) is -0.330. The van der Waals surface area contributed by atoms with Crippen LogP contribution in [-0.2, 0) is 0 Å². The van der Waals surface area contributed by atoms with E-state index in [-0.39, 0.29) is 6.61 Å². The van der Waals surface area contributed by atoms with Gasteiger partial charge in [-0.15, -0.1) is 0 Å². The molecule has 0 radical (unpaired) electrons. The van der Waals surface area contributed by atoms with E-state index in [9.17, 15) is 15.3 Å². The average Bonchev–Trinajstić information content (AvgIpc) is 2.36. The van der Waals surface area contributed by atoms with Crippen LogP contribution in [0.3, 0.4) is 0 Å². The van der Waals surface area contributed by atoms with Crippen LogP contribution < -0.4 is 11.1 Å². The summed E-state index contributed by atoms with van der Waals surface area (Å²) in [4.78, 5) is 0. The largest absolute Gasteiger partial charge is 0.399 e. The highest BCUT2D eigenvalue weighted by atomic mass is 16.4. The van der Waals surface area contributed by atoms with Crippen molar-refractivity contribution in [2.75, 3.05) is 12.3 Å². The highest BCUT2D eigenvalue weighted by Crippen LogP contribution is 2.27.